The van der Waals surface area contributed by atoms with Gasteiger partial charge in [-0.15, -0.1) is 10.2 Å². The Kier molecular flexibility index (Phi) is 7.48. The van der Waals surface area contributed by atoms with Gasteiger partial charge >= 0.3 is 0 Å². The fraction of sp³-hybridized carbons (Fsp3) is 0.238. The van der Waals surface area contributed by atoms with Gasteiger partial charge in [0.2, 0.25) is 5.91 Å². The summed E-state index contributed by atoms with van der Waals surface area (Å²) in [5, 5.41) is 15.4. The van der Waals surface area contributed by atoms with Crippen LogP contribution in [0.3, 0.4) is 0 Å². The van der Waals surface area contributed by atoms with Gasteiger partial charge in [0, 0.05) is 22.8 Å². The molecule has 0 radical (unpaired) electrons. The second-order valence-corrected chi connectivity index (χ2v) is 7.87. The van der Waals surface area contributed by atoms with Crippen LogP contribution in [0.1, 0.15) is 36.1 Å². The molecule has 1 aromatic heterocycles. The van der Waals surface area contributed by atoms with Crippen molar-refractivity contribution < 1.29 is 9.59 Å². The number of nitrogens with one attached hydrogen (secondary N) is 2. The number of anilines is 1. The summed E-state index contributed by atoms with van der Waals surface area (Å²) < 4.78 is 1.90. The molecule has 2 N–H and O–H groups in total. The standard InChI is InChI=1S/C21H22ClN5O2S/c1-3-27-19(14(2)23-20(29)15-8-5-4-6-9-15)25-26-21(27)30-13-18(28)24-17-11-7-10-16(22)12-17/h4-12,14H,3,13H2,1-2H3,(H,23,29)(H,24,28). The lowest BCUT2D eigenvalue weighted by atomic mass is 10.2. The van der Waals surface area contributed by atoms with Crippen molar-refractivity contribution in [2.75, 3.05) is 11.1 Å². The van der Waals surface area contributed by atoms with Crippen LogP contribution in [0.25, 0.3) is 0 Å². The summed E-state index contributed by atoms with van der Waals surface area (Å²) in [6, 6.07) is 15.7. The molecule has 7 nitrogen and oxygen atoms in total. The maximum Gasteiger partial charge on any atom is 0.251 e. The van der Waals surface area contributed by atoms with Gasteiger partial charge in [-0.05, 0) is 44.2 Å². The molecule has 156 valence electrons. The van der Waals surface area contributed by atoms with Crippen molar-refractivity contribution in [1.82, 2.24) is 20.1 Å². The van der Waals surface area contributed by atoms with Crippen molar-refractivity contribution in [1.29, 1.82) is 0 Å². The van der Waals surface area contributed by atoms with E-state index in [2.05, 4.69) is 20.8 Å². The van der Waals surface area contributed by atoms with Gasteiger partial charge in [-0.1, -0.05) is 47.6 Å². The van der Waals surface area contributed by atoms with E-state index in [1.165, 1.54) is 11.8 Å². The molecule has 1 unspecified atom stereocenters. The zero-order chi connectivity index (χ0) is 21.5. The van der Waals surface area contributed by atoms with Crippen LogP contribution in [-0.4, -0.2) is 32.3 Å². The zero-order valence-corrected chi connectivity index (χ0v) is 18.2. The Morgan fingerprint density at radius 3 is 2.60 bits per heavy atom. The number of amides is 2. The minimum atomic E-state index is -0.334. The highest BCUT2D eigenvalue weighted by Gasteiger charge is 2.20. The van der Waals surface area contributed by atoms with Crippen LogP contribution in [-0.2, 0) is 11.3 Å². The number of carbonyl (C=O) groups excluding carboxylic acids is 2. The Morgan fingerprint density at radius 2 is 1.90 bits per heavy atom. The highest BCUT2D eigenvalue weighted by Crippen LogP contribution is 2.22. The zero-order valence-electron chi connectivity index (χ0n) is 16.6. The summed E-state index contributed by atoms with van der Waals surface area (Å²) in [5.41, 5.74) is 1.22. The Balaban J connectivity index is 1.62. The third-order valence-electron chi connectivity index (χ3n) is 4.27. The SMILES string of the molecule is CCn1c(SCC(=O)Nc2cccc(Cl)c2)nnc1C(C)NC(=O)c1ccccc1. The number of hydrogen-bond acceptors (Lipinski definition) is 5. The van der Waals surface area contributed by atoms with E-state index >= 15 is 0 Å². The molecule has 0 spiro atoms. The topological polar surface area (TPSA) is 88.9 Å². The molecular weight excluding hydrogens is 422 g/mol. The third kappa shape index (κ3) is 5.61. The molecule has 3 rings (SSSR count). The highest BCUT2D eigenvalue weighted by atomic mass is 35.5. The van der Waals surface area contributed by atoms with E-state index in [0.717, 1.165) is 0 Å². The van der Waals surface area contributed by atoms with Crippen LogP contribution in [0, 0.1) is 0 Å². The van der Waals surface area contributed by atoms with Crippen molar-refractivity contribution in [3.63, 3.8) is 0 Å². The number of hydrogen-bond donors (Lipinski definition) is 2. The van der Waals surface area contributed by atoms with Gasteiger partial charge in [0.15, 0.2) is 11.0 Å². The minimum absolute atomic E-state index is 0.167. The van der Waals surface area contributed by atoms with Gasteiger partial charge in [0.05, 0.1) is 11.8 Å². The molecule has 0 aliphatic rings. The molecule has 9 heteroatoms. The molecule has 0 bridgehead atoms. The summed E-state index contributed by atoms with van der Waals surface area (Å²) in [7, 11) is 0. The van der Waals surface area contributed by atoms with E-state index in [1.54, 1.807) is 36.4 Å². The Labute approximate surface area is 184 Å². The number of benzene rings is 2. The van der Waals surface area contributed by atoms with E-state index in [0.29, 0.717) is 33.8 Å². The average Bonchev–Trinajstić information content (AvgIpc) is 3.16. The molecule has 2 aromatic carbocycles. The molecule has 1 heterocycles. The van der Waals surface area contributed by atoms with Crippen molar-refractivity contribution in [3.8, 4) is 0 Å². The molecule has 1 atom stereocenters. The van der Waals surface area contributed by atoms with E-state index in [1.807, 2.05) is 36.6 Å². The number of carbonyl (C=O) groups is 2. The van der Waals surface area contributed by atoms with Crippen LogP contribution >= 0.6 is 23.4 Å². The van der Waals surface area contributed by atoms with Gasteiger partial charge in [-0.3, -0.25) is 9.59 Å². The molecule has 0 fully saturated rings. The number of nitrogens with zero attached hydrogens (tertiary/aromatic N) is 3. The molecule has 0 aliphatic heterocycles. The highest BCUT2D eigenvalue weighted by molar-refractivity contribution is 7.99. The van der Waals surface area contributed by atoms with Crippen LogP contribution in [0.5, 0.6) is 0 Å². The predicted octanol–water partition coefficient (Wildman–Crippen LogP) is 4.17. The van der Waals surface area contributed by atoms with Gasteiger partial charge in [0.25, 0.3) is 5.91 Å². The smallest absolute Gasteiger partial charge is 0.251 e. The quantitative estimate of drug-likeness (QED) is 0.510. The van der Waals surface area contributed by atoms with E-state index in [4.69, 9.17) is 11.6 Å². The molecule has 3 aromatic rings. The number of thioether (sulfide) groups is 1. The molecule has 30 heavy (non-hydrogen) atoms. The van der Waals surface area contributed by atoms with Crippen LogP contribution in [0.2, 0.25) is 5.02 Å². The molecule has 0 saturated carbocycles. The van der Waals surface area contributed by atoms with Crippen LogP contribution in [0.15, 0.2) is 59.8 Å². The first kappa shape index (κ1) is 21.9. The first-order chi connectivity index (χ1) is 14.5. The van der Waals surface area contributed by atoms with Crippen molar-refractivity contribution in [2.45, 2.75) is 31.6 Å². The lowest BCUT2D eigenvalue weighted by molar-refractivity contribution is -0.113. The number of aromatic nitrogens is 3. The van der Waals surface area contributed by atoms with Crippen LogP contribution < -0.4 is 10.6 Å². The summed E-state index contributed by atoms with van der Waals surface area (Å²) in [5.74, 6) is 0.471. The molecule has 0 aliphatic carbocycles. The van der Waals surface area contributed by atoms with Gasteiger partial charge < -0.3 is 15.2 Å². The van der Waals surface area contributed by atoms with Gasteiger partial charge in [-0.25, -0.2) is 0 Å². The fourth-order valence-electron chi connectivity index (χ4n) is 2.85. The molecule has 0 saturated heterocycles. The predicted molar refractivity (Wildman–Crippen MR) is 119 cm³/mol. The van der Waals surface area contributed by atoms with Crippen molar-refractivity contribution >= 4 is 40.9 Å². The normalized spacial score (nSPS) is 11.7. The maximum absolute atomic E-state index is 12.4. The second-order valence-electron chi connectivity index (χ2n) is 6.49. The summed E-state index contributed by atoms with van der Waals surface area (Å²) in [6.45, 7) is 4.44. The summed E-state index contributed by atoms with van der Waals surface area (Å²) >= 11 is 7.23. The van der Waals surface area contributed by atoms with E-state index < -0.39 is 0 Å². The monoisotopic (exact) mass is 443 g/mol. The minimum Gasteiger partial charge on any atom is -0.342 e. The van der Waals surface area contributed by atoms with E-state index in [-0.39, 0.29) is 23.6 Å². The van der Waals surface area contributed by atoms with E-state index in [9.17, 15) is 9.59 Å². The summed E-state index contributed by atoms with van der Waals surface area (Å²) in [6.07, 6.45) is 0. The first-order valence-corrected chi connectivity index (χ1v) is 10.8. The first-order valence-electron chi connectivity index (χ1n) is 9.45. The van der Waals surface area contributed by atoms with Gasteiger partial charge in [-0.2, -0.15) is 0 Å². The summed E-state index contributed by atoms with van der Waals surface area (Å²) in [4.78, 5) is 24.7. The van der Waals surface area contributed by atoms with Gasteiger partial charge in [0.1, 0.15) is 0 Å². The Bertz CT molecular complexity index is 1030. The lowest BCUT2D eigenvalue weighted by Crippen LogP contribution is -2.28. The molecule has 2 amide bonds. The Morgan fingerprint density at radius 1 is 1.13 bits per heavy atom. The Hall–Kier alpha value is -2.84. The third-order valence-corrected chi connectivity index (χ3v) is 5.48. The fourth-order valence-corrected chi connectivity index (χ4v) is 3.85. The number of rotatable bonds is 8. The second kappa shape index (κ2) is 10.3. The van der Waals surface area contributed by atoms with Crippen LogP contribution in [0.4, 0.5) is 5.69 Å². The maximum atomic E-state index is 12.4. The number of halogens is 1. The molecular formula is C21H22ClN5O2S. The van der Waals surface area contributed by atoms with Crippen molar-refractivity contribution in [2.24, 2.45) is 0 Å². The largest absolute Gasteiger partial charge is 0.342 e. The van der Waals surface area contributed by atoms with Crippen molar-refractivity contribution in [3.05, 3.63) is 71.0 Å². The lowest BCUT2D eigenvalue weighted by Gasteiger charge is -2.15. The average molecular weight is 444 g/mol.